The lowest BCUT2D eigenvalue weighted by molar-refractivity contribution is -0.117. The van der Waals surface area contributed by atoms with Crippen LogP contribution in [0.3, 0.4) is 0 Å². The minimum atomic E-state index is -0.342. The summed E-state index contributed by atoms with van der Waals surface area (Å²) in [6, 6.07) is 12.6. The molecule has 1 aliphatic heterocycles. The summed E-state index contributed by atoms with van der Waals surface area (Å²) in [4.78, 5) is 27.5. The van der Waals surface area contributed by atoms with Gasteiger partial charge in [-0.05, 0) is 68.1 Å². The van der Waals surface area contributed by atoms with Crippen molar-refractivity contribution in [3.8, 4) is 0 Å². The van der Waals surface area contributed by atoms with Crippen LogP contribution in [-0.2, 0) is 4.79 Å². The van der Waals surface area contributed by atoms with Gasteiger partial charge in [0.25, 0.3) is 11.8 Å². The number of amides is 2. The molecule has 1 aromatic carbocycles. The van der Waals surface area contributed by atoms with Crippen molar-refractivity contribution in [3.63, 3.8) is 0 Å². The third-order valence-electron chi connectivity index (χ3n) is 5.13. The molecule has 2 N–H and O–H groups in total. The molecule has 1 saturated carbocycles. The summed E-state index contributed by atoms with van der Waals surface area (Å²) in [6.45, 7) is 1.96. The van der Waals surface area contributed by atoms with Crippen LogP contribution in [0.5, 0.6) is 0 Å². The van der Waals surface area contributed by atoms with Gasteiger partial charge in [0.2, 0.25) is 0 Å². The smallest absolute Gasteiger partial charge is 0.268 e. The molecule has 6 nitrogen and oxygen atoms in total. The third-order valence-corrected chi connectivity index (χ3v) is 6.49. The second-order valence-electron chi connectivity index (χ2n) is 7.70. The summed E-state index contributed by atoms with van der Waals surface area (Å²) in [5, 5.41) is 6.31. The van der Waals surface area contributed by atoms with Crippen molar-refractivity contribution in [2.45, 2.75) is 43.2 Å². The molecule has 0 unspecified atom stereocenters. The first kappa shape index (κ1) is 21.6. The van der Waals surface area contributed by atoms with Crippen LogP contribution in [0.1, 0.15) is 48.2 Å². The third kappa shape index (κ3) is 6.21. The van der Waals surface area contributed by atoms with Gasteiger partial charge in [0.05, 0.1) is 0 Å². The van der Waals surface area contributed by atoms with Gasteiger partial charge < -0.3 is 20.0 Å². The number of rotatable bonds is 6. The highest BCUT2D eigenvalue weighted by molar-refractivity contribution is 8.22. The Morgan fingerprint density at radius 3 is 2.52 bits per heavy atom. The van der Waals surface area contributed by atoms with E-state index in [4.69, 9.17) is 16.6 Å². The quantitative estimate of drug-likeness (QED) is 0.387. The first-order valence-corrected chi connectivity index (χ1v) is 11.8. The van der Waals surface area contributed by atoms with E-state index in [-0.39, 0.29) is 23.6 Å². The Morgan fingerprint density at radius 2 is 1.81 bits per heavy atom. The van der Waals surface area contributed by atoms with E-state index in [1.807, 2.05) is 12.1 Å². The summed E-state index contributed by atoms with van der Waals surface area (Å²) < 4.78 is 6.67. The molecular weight excluding hydrogens is 430 g/mol. The number of hydrogen-bond donors (Lipinski definition) is 2. The van der Waals surface area contributed by atoms with E-state index in [9.17, 15) is 9.59 Å². The predicted molar refractivity (Wildman–Crippen MR) is 126 cm³/mol. The van der Waals surface area contributed by atoms with Crippen LogP contribution in [0.4, 0.5) is 0 Å². The molecule has 2 fully saturated rings. The van der Waals surface area contributed by atoms with E-state index >= 15 is 0 Å². The van der Waals surface area contributed by atoms with Crippen molar-refractivity contribution in [2.24, 2.45) is 0 Å². The maximum atomic E-state index is 12.7. The van der Waals surface area contributed by atoms with E-state index < -0.39 is 0 Å². The normalized spacial score (nSPS) is 16.6. The van der Waals surface area contributed by atoms with Gasteiger partial charge in [-0.3, -0.25) is 9.59 Å². The van der Waals surface area contributed by atoms with Crippen molar-refractivity contribution >= 4 is 46.2 Å². The van der Waals surface area contributed by atoms with E-state index in [1.54, 1.807) is 36.4 Å². The summed E-state index contributed by atoms with van der Waals surface area (Å²) in [5.74, 6) is -0.176. The Hall–Kier alpha value is -2.58. The standard InChI is InChI=1S/C23H25N3O3S2/c27-21(16-7-3-1-4-8-16)25-19(22(28)24-17-9-10-17)15-18-11-12-20(29-18)31-23(30)26-13-5-2-6-14-26/h1,3-4,7-8,11-12,15,17H,2,5-6,9-10,13-14H2,(H,24,28)(H,25,27). The van der Waals surface area contributed by atoms with Crippen LogP contribution < -0.4 is 10.6 Å². The molecule has 0 atom stereocenters. The van der Waals surface area contributed by atoms with Gasteiger partial charge in [0, 0.05) is 30.8 Å². The molecule has 8 heteroatoms. The van der Waals surface area contributed by atoms with Crippen molar-refractivity contribution in [1.29, 1.82) is 0 Å². The number of benzene rings is 1. The Bertz CT molecular complexity index is 977. The molecule has 2 aliphatic rings. The number of thioether (sulfide) groups is 1. The van der Waals surface area contributed by atoms with Crippen LogP contribution in [0.25, 0.3) is 6.08 Å². The van der Waals surface area contributed by atoms with Gasteiger partial charge in [-0.1, -0.05) is 30.4 Å². The van der Waals surface area contributed by atoms with E-state index in [0.717, 1.165) is 43.1 Å². The average molecular weight is 456 g/mol. The van der Waals surface area contributed by atoms with Crippen molar-refractivity contribution in [3.05, 3.63) is 59.5 Å². The van der Waals surface area contributed by atoms with Gasteiger partial charge in [-0.15, -0.1) is 0 Å². The molecule has 1 saturated heterocycles. The van der Waals surface area contributed by atoms with Crippen LogP contribution in [0.2, 0.25) is 0 Å². The highest BCUT2D eigenvalue weighted by Crippen LogP contribution is 2.27. The van der Waals surface area contributed by atoms with Gasteiger partial charge in [-0.25, -0.2) is 0 Å². The molecule has 0 bridgehead atoms. The molecule has 0 spiro atoms. The molecule has 2 amide bonds. The Kier molecular flexibility index (Phi) is 7.09. The Balaban J connectivity index is 1.46. The number of hydrogen-bond acceptors (Lipinski definition) is 5. The maximum absolute atomic E-state index is 12.7. The molecule has 2 aromatic rings. The van der Waals surface area contributed by atoms with Crippen LogP contribution in [-0.4, -0.2) is 40.2 Å². The number of piperidine rings is 1. The topological polar surface area (TPSA) is 74.6 Å². The largest absolute Gasteiger partial charge is 0.450 e. The minimum absolute atomic E-state index is 0.158. The number of thiocarbonyl (C=S) groups is 1. The second kappa shape index (κ2) is 10.2. The number of likely N-dealkylation sites (tertiary alicyclic amines) is 1. The van der Waals surface area contributed by atoms with E-state index in [2.05, 4.69) is 15.5 Å². The van der Waals surface area contributed by atoms with Gasteiger partial charge in [0.1, 0.15) is 15.8 Å². The van der Waals surface area contributed by atoms with Crippen molar-refractivity contribution in [1.82, 2.24) is 15.5 Å². The summed E-state index contributed by atoms with van der Waals surface area (Å²) in [5.41, 5.74) is 0.639. The molecule has 0 radical (unpaired) electrons. The number of nitrogens with one attached hydrogen (secondary N) is 2. The predicted octanol–water partition coefficient (Wildman–Crippen LogP) is 4.19. The molecular formula is C23H25N3O3S2. The minimum Gasteiger partial charge on any atom is -0.450 e. The van der Waals surface area contributed by atoms with Crippen LogP contribution in [0.15, 0.2) is 57.7 Å². The lowest BCUT2D eigenvalue weighted by Crippen LogP contribution is -2.35. The zero-order valence-corrected chi connectivity index (χ0v) is 18.8. The number of furan rings is 1. The number of carbonyl (C=O) groups excluding carboxylic acids is 2. The summed E-state index contributed by atoms with van der Waals surface area (Å²) in [6.07, 6.45) is 7.05. The van der Waals surface area contributed by atoms with Gasteiger partial charge in [-0.2, -0.15) is 0 Å². The van der Waals surface area contributed by atoms with Gasteiger partial charge >= 0.3 is 0 Å². The summed E-state index contributed by atoms with van der Waals surface area (Å²) >= 11 is 6.96. The lowest BCUT2D eigenvalue weighted by Gasteiger charge is -2.27. The van der Waals surface area contributed by atoms with Crippen LogP contribution in [0, 0.1) is 0 Å². The molecule has 31 heavy (non-hydrogen) atoms. The second-order valence-corrected chi connectivity index (χ2v) is 9.34. The highest BCUT2D eigenvalue weighted by Gasteiger charge is 2.26. The number of carbonyl (C=O) groups is 2. The zero-order chi connectivity index (χ0) is 21.6. The maximum Gasteiger partial charge on any atom is 0.268 e. The SMILES string of the molecule is O=C(NC1CC1)C(=Cc1ccc(SC(=S)N2CCCCC2)o1)NC(=O)c1ccccc1. The fraction of sp³-hybridized carbons (Fsp3) is 0.348. The van der Waals surface area contributed by atoms with E-state index in [1.165, 1.54) is 18.2 Å². The monoisotopic (exact) mass is 455 g/mol. The highest BCUT2D eigenvalue weighted by atomic mass is 32.2. The Morgan fingerprint density at radius 1 is 1.06 bits per heavy atom. The molecule has 1 aromatic heterocycles. The molecule has 4 rings (SSSR count). The van der Waals surface area contributed by atoms with Gasteiger partial charge in [0.15, 0.2) is 5.09 Å². The zero-order valence-electron chi connectivity index (χ0n) is 17.1. The van der Waals surface area contributed by atoms with Crippen LogP contribution >= 0.6 is 24.0 Å². The molecule has 1 aliphatic carbocycles. The fourth-order valence-electron chi connectivity index (χ4n) is 3.27. The number of nitrogens with zero attached hydrogens (tertiary/aromatic N) is 1. The summed E-state index contributed by atoms with van der Waals surface area (Å²) in [7, 11) is 0. The van der Waals surface area contributed by atoms with E-state index in [0.29, 0.717) is 16.4 Å². The van der Waals surface area contributed by atoms with Crippen molar-refractivity contribution in [2.75, 3.05) is 13.1 Å². The molecule has 2 heterocycles. The Labute approximate surface area is 191 Å². The van der Waals surface area contributed by atoms with Crippen molar-refractivity contribution < 1.29 is 14.0 Å². The molecule has 162 valence electrons. The average Bonchev–Trinajstić information content (AvgIpc) is 3.51. The first-order chi connectivity index (χ1) is 15.1. The lowest BCUT2D eigenvalue weighted by atomic mass is 10.1. The fourth-order valence-corrected chi connectivity index (χ4v) is 4.46. The first-order valence-electron chi connectivity index (χ1n) is 10.5.